The third kappa shape index (κ3) is 3.32. The number of rotatable bonds is 5. The third-order valence-electron chi connectivity index (χ3n) is 2.19. The fourth-order valence-corrected chi connectivity index (χ4v) is 1.32. The van der Waals surface area contributed by atoms with Crippen molar-refractivity contribution in [3.63, 3.8) is 0 Å². The Bertz CT molecular complexity index is 480. The highest BCUT2D eigenvalue weighted by molar-refractivity contribution is 5.99. The van der Waals surface area contributed by atoms with Crippen LogP contribution in [0.3, 0.4) is 0 Å². The summed E-state index contributed by atoms with van der Waals surface area (Å²) in [4.78, 5) is 23.9. The minimum Gasteiger partial charge on any atom is -0.394 e. The number of aliphatic imine (C=N–C) groups is 1. The molecule has 1 N–H and O–H groups in total. The van der Waals surface area contributed by atoms with E-state index in [-0.39, 0.29) is 24.5 Å². The Morgan fingerprint density at radius 3 is 2.11 bits per heavy atom. The fourth-order valence-electron chi connectivity index (χ4n) is 1.32. The summed E-state index contributed by atoms with van der Waals surface area (Å²) in [6.07, 6.45) is 0. The normalized spacial score (nSPS) is 11.3. The molecule has 0 saturated carbocycles. The molecule has 0 aliphatic rings. The van der Waals surface area contributed by atoms with Crippen LogP contribution in [0.15, 0.2) is 23.2 Å². The Morgan fingerprint density at radius 2 is 1.72 bits per heavy atom. The first kappa shape index (κ1) is 13.7. The number of non-ortho nitro benzene ring substituents is 2. The van der Waals surface area contributed by atoms with Gasteiger partial charge in [0.05, 0.1) is 29.1 Å². The van der Waals surface area contributed by atoms with Crippen LogP contribution in [0, 0.1) is 20.2 Å². The van der Waals surface area contributed by atoms with Gasteiger partial charge in [-0.25, -0.2) is 0 Å². The molecule has 0 atom stereocenters. The maximum atomic E-state index is 10.7. The van der Waals surface area contributed by atoms with Gasteiger partial charge < -0.3 is 5.11 Å². The summed E-state index contributed by atoms with van der Waals surface area (Å²) in [6, 6.07) is 3.31. The lowest BCUT2D eigenvalue weighted by Gasteiger charge is -2.01. The Labute approximate surface area is 102 Å². The molecule has 8 nitrogen and oxygen atoms in total. The monoisotopic (exact) mass is 253 g/mol. The molecule has 1 rings (SSSR count). The first-order valence-electron chi connectivity index (χ1n) is 5.02. The van der Waals surface area contributed by atoms with E-state index < -0.39 is 9.85 Å². The highest BCUT2D eigenvalue weighted by Crippen LogP contribution is 2.23. The van der Waals surface area contributed by atoms with Gasteiger partial charge in [-0.3, -0.25) is 25.2 Å². The van der Waals surface area contributed by atoms with E-state index in [1.807, 2.05) is 0 Å². The SMILES string of the molecule is C/C(=N\CCO)c1cc([N+](=O)[O-])cc([N+](=O)[O-])c1. The minimum absolute atomic E-state index is 0.141. The van der Waals surface area contributed by atoms with Gasteiger partial charge in [-0.1, -0.05) is 0 Å². The van der Waals surface area contributed by atoms with Crippen molar-refractivity contribution in [2.45, 2.75) is 6.92 Å². The van der Waals surface area contributed by atoms with Crippen molar-refractivity contribution < 1.29 is 15.0 Å². The molecule has 0 bridgehead atoms. The van der Waals surface area contributed by atoms with Gasteiger partial charge in [-0.05, 0) is 6.92 Å². The molecular weight excluding hydrogens is 242 g/mol. The van der Waals surface area contributed by atoms with E-state index >= 15 is 0 Å². The number of hydrogen-bond acceptors (Lipinski definition) is 6. The molecule has 0 aliphatic carbocycles. The van der Waals surface area contributed by atoms with Crippen LogP contribution in [-0.2, 0) is 0 Å². The van der Waals surface area contributed by atoms with Gasteiger partial charge in [0.1, 0.15) is 0 Å². The topological polar surface area (TPSA) is 119 Å². The summed E-state index contributed by atoms with van der Waals surface area (Å²) in [5, 5.41) is 30.0. The Balaban J connectivity index is 3.27. The van der Waals surface area contributed by atoms with Gasteiger partial charge in [-0.15, -0.1) is 0 Å². The van der Waals surface area contributed by atoms with Gasteiger partial charge in [0, 0.05) is 23.4 Å². The fraction of sp³-hybridized carbons (Fsp3) is 0.300. The lowest BCUT2D eigenvalue weighted by Crippen LogP contribution is -2.02. The number of aliphatic hydroxyl groups is 1. The summed E-state index contributed by atoms with van der Waals surface area (Å²) in [7, 11) is 0. The molecular formula is C10H11N3O5. The Kier molecular flexibility index (Phi) is 4.44. The highest BCUT2D eigenvalue weighted by Gasteiger charge is 2.17. The van der Waals surface area contributed by atoms with Crippen molar-refractivity contribution in [3.8, 4) is 0 Å². The molecule has 1 aromatic rings. The zero-order valence-corrected chi connectivity index (χ0v) is 9.57. The average molecular weight is 253 g/mol. The summed E-state index contributed by atoms with van der Waals surface area (Å²) in [5.41, 5.74) is -0.0318. The quantitative estimate of drug-likeness (QED) is 0.482. The zero-order chi connectivity index (χ0) is 13.7. The molecule has 0 saturated heterocycles. The van der Waals surface area contributed by atoms with E-state index in [1.54, 1.807) is 6.92 Å². The van der Waals surface area contributed by atoms with Gasteiger partial charge in [0.2, 0.25) is 0 Å². The van der Waals surface area contributed by atoms with Crippen molar-refractivity contribution in [2.75, 3.05) is 13.2 Å². The van der Waals surface area contributed by atoms with Crippen LogP contribution in [-0.4, -0.2) is 33.8 Å². The van der Waals surface area contributed by atoms with Gasteiger partial charge in [0.25, 0.3) is 11.4 Å². The highest BCUT2D eigenvalue weighted by atomic mass is 16.6. The smallest absolute Gasteiger partial charge is 0.276 e. The van der Waals surface area contributed by atoms with E-state index in [2.05, 4.69) is 4.99 Å². The van der Waals surface area contributed by atoms with Crippen LogP contribution >= 0.6 is 0 Å². The predicted molar refractivity (Wildman–Crippen MR) is 63.9 cm³/mol. The summed E-state index contributed by atoms with van der Waals surface area (Å²) >= 11 is 0. The molecule has 0 spiro atoms. The van der Waals surface area contributed by atoms with Crippen molar-refractivity contribution in [2.24, 2.45) is 4.99 Å². The molecule has 0 radical (unpaired) electrons. The number of nitro benzene ring substituents is 2. The van der Waals surface area contributed by atoms with E-state index in [9.17, 15) is 20.2 Å². The maximum absolute atomic E-state index is 10.7. The lowest BCUT2D eigenvalue weighted by atomic mass is 10.1. The molecule has 1 aromatic carbocycles. The van der Waals surface area contributed by atoms with Gasteiger partial charge in [0.15, 0.2) is 0 Å². The molecule has 0 heterocycles. The summed E-state index contributed by atoms with van der Waals surface area (Å²) in [6.45, 7) is 1.55. The molecule has 0 fully saturated rings. The third-order valence-corrected chi connectivity index (χ3v) is 2.19. The Morgan fingerprint density at radius 1 is 1.22 bits per heavy atom. The van der Waals surface area contributed by atoms with E-state index in [0.717, 1.165) is 6.07 Å². The molecule has 0 amide bonds. The lowest BCUT2D eigenvalue weighted by molar-refractivity contribution is -0.394. The summed E-state index contributed by atoms with van der Waals surface area (Å²) < 4.78 is 0. The Hall–Kier alpha value is -2.35. The van der Waals surface area contributed by atoms with Gasteiger partial charge >= 0.3 is 0 Å². The van der Waals surface area contributed by atoms with Crippen LogP contribution in [0.25, 0.3) is 0 Å². The molecule has 8 heteroatoms. The first-order chi connectivity index (χ1) is 8.45. The second-order valence-corrected chi connectivity index (χ2v) is 3.44. The van der Waals surface area contributed by atoms with E-state index in [1.165, 1.54) is 12.1 Å². The van der Waals surface area contributed by atoms with E-state index in [4.69, 9.17) is 5.11 Å². The number of aliphatic hydroxyl groups excluding tert-OH is 1. The standard InChI is InChI=1S/C10H11N3O5/c1-7(11-2-3-14)8-4-9(12(15)16)6-10(5-8)13(17)18/h4-6,14H,2-3H2,1H3/b11-7+. The predicted octanol–water partition coefficient (Wildman–Crippen LogP) is 1.30. The van der Waals surface area contributed by atoms with Crippen LogP contribution in [0.1, 0.15) is 12.5 Å². The molecule has 0 aliphatic heterocycles. The number of nitrogens with zero attached hydrogens (tertiary/aromatic N) is 3. The van der Waals surface area contributed by atoms with E-state index in [0.29, 0.717) is 11.3 Å². The number of benzene rings is 1. The summed E-state index contributed by atoms with van der Waals surface area (Å²) in [5.74, 6) is 0. The van der Waals surface area contributed by atoms with Gasteiger partial charge in [-0.2, -0.15) is 0 Å². The molecule has 0 aromatic heterocycles. The maximum Gasteiger partial charge on any atom is 0.276 e. The largest absolute Gasteiger partial charge is 0.394 e. The van der Waals surface area contributed by atoms with Crippen LogP contribution in [0.2, 0.25) is 0 Å². The average Bonchev–Trinajstić information content (AvgIpc) is 2.35. The number of hydrogen-bond donors (Lipinski definition) is 1. The van der Waals surface area contributed by atoms with Crippen LogP contribution in [0.4, 0.5) is 11.4 Å². The second-order valence-electron chi connectivity index (χ2n) is 3.44. The van der Waals surface area contributed by atoms with Crippen LogP contribution in [0.5, 0.6) is 0 Å². The van der Waals surface area contributed by atoms with Crippen LogP contribution < -0.4 is 0 Å². The van der Waals surface area contributed by atoms with Crippen molar-refractivity contribution >= 4 is 17.1 Å². The first-order valence-corrected chi connectivity index (χ1v) is 5.02. The number of nitro groups is 2. The zero-order valence-electron chi connectivity index (χ0n) is 9.57. The molecule has 18 heavy (non-hydrogen) atoms. The van der Waals surface area contributed by atoms with Crippen molar-refractivity contribution in [1.29, 1.82) is 0 Å². The van der Waals surface area contributed by atoms with Crippen molar-refractivity contribution in [3.05, 3.63) is 44.0 Å². The second kappa shape index (κ2) is 5.82. The minimum atomic E-state index is -0.699. The molecule has 0 unspecified atom stereocenters. The molecule has 96 valence electrons. The van der Waals surface area contributed by atoms with Crippen molar-refractivity contribution in [1.82, 2.24) is 0 Å².